The van der Waals surface area contributed by atoms with E-state index in [9.17, 15) is 18.4 Å². The van der Waals surface area contributed by atoms with Gasteiger partial charge in [-0.2, -0.15) is 0 Å². The smallest absolute Gasteiger partial charge is 0.319 e. The summed E-state index contributed by atoms with van der Waals surface area (Å²) in [5.41, 5.74) is 1.49. The number of aromatic nitrogens is 1. The first-order valence-corrected chi connectivity index (χ1v) is 10.8. The number of hydrogen-bond donors (Lipinski definition) is 3. The maximum atomic E-state index is 13.8. The number of hydrogen-bond acceptors (Lipinski definition) is 5. The molecule has 3 aromatic rings. The summed E-state index contributed by atoms with van der Waals surface area (Å²) < 4.78 is 39.2. The summed E-state index contributed by atoms with van der Waals surface area (Å²) >= 11 is 0. The summed E-state index contributed by atoms with van der Waals surface area (Å²) in [6.07, 6.45) is 2.24. The number of anilines is 2. The van der Waals surface area contributed by atoms with Crippen LogP contribution in [0.5, 0.6) is 17.2 Å². The lowest BCUT2D eigenvalue weighted by Crippen LogP contribution is -2.34. The standard InChI is InChI=1S/C24H18F2N4O4/c25-14-2-1-3-15(20(14)26)28-24(32)30-21-19-13-10-11(4-6-16(13)34-22(19)21)33-17-8-9-27-23-12(17)5-7-18(31)29-23/h1-4,6,8-10,19,21-22H,5,7H2,(H,27,29,31)(H2,28,30,32)/t19-,21-,22-/m0/s1. The fourth-order valence-corrected chi connectivity index (χ4v) is 4.47. The topological polar surface area (TPSA) is 102 Å². The maximum absolute atomic E-state index is 13.8. The van der Waals surface area contributed by atoms with Crippen LogP contribution in [0, 0.1) is 11.6 Å². The molecular weight excluding hydrogens is 446 g/mol. The molecule has 0 bridgehead atoms. The van der Waals surface area contributed by atoms with Gasteiger partial charge in [-0.25, -0.2) is 18.6 Å². The number of halogens is 2. The molecule has 2 aromatic carbocycles. The molecule has 3 amide bonds. The first-order chi connectivity index (χ1) is 16.5. The quantitative estimate of drug-likeness (QED) is 0.540. The van der Waals surface area contributed by atoms with Gasteiger partial charge >= 0.3 is 6.03 Å². The van der Waals surface area contributed by atoms with E-state index in [2.05, 4.69) is 20.9 Å². The minimum atomic E-state index is -1.12. The fourth-order valence-electron chi connectivity index (χ4n) is 4.47. The molecule has 34 heavy (non-hydrogen) atoms. The Morgan fingerprint density at radius 1 is 1.18 bits per heavy atom. The Morgan fingerprint density at radius 3 is 2.94 bits per heavy atom. The molecule has 8 nitrogen and oxygen atoms in total. The van der Waals surface area contributed by atoms with Crippen molar-refractivity contribution in [3.05, 3.63) is 71.4 Å². The minimum Gasteiger partial charge on any atom is -0.487 e. The Morgan fingerprint density at radius 2 is 2.06 bits per heavy atom. The lowest BCUT2D eigenvalue weighted by Gasteiger charge is -2.19. The number of amides is 3. The molecule has 1 saturated carbocycles. The van der Waals surface area contributed by atoms with E-state index >= 15 is 0 Å². The van der Waals surface area contributed by atoms with Crippen LogP contribution in [0.3, 0.4) is 0 Å². The third kappa shape index (κ3) is 3.47. The Labute approximate surface area is 192 Å². The van der Waals surface area contributed by atoms with Crippen molar-refractivity contribution in [3.63, 3.8) is 0 Å². The molecule has 1 fully saturated rings. The van der Waals surface area contributed by atoms with Crippen molar-refractivity contribution in [2.45, 2.75) is 30.9 Å². The highest BCUT2D eigenvalue weighted by Gasteiger charge is 2.59. The van der Waals surface area contributed by atoms with Gasteiger partial charge in [0, 0.05) is 23.7 Å². The molecule has 0 saturated heterocycles. The second-order valence-electron chi connectivity index (χ2n) is 8.32. The van der Waals surface area contributed by atoms with Crippen LogP contribution in [-0.2, 0) is 11.2 Å². The normalized spacial score (nSPS) is 21.4. The summed E-state index contributed by atoms with van der Waals surface area (Å²) in [5.74, 6) is 0.111. The molecule has 10 heteroatoms. The van der Waals surface area contributed by atoms with Gasteiger partial charge in [-0.15, -0.1) is 0 Å². The summed E-state index contributed by atoms with van der Waals surface area (Å²) in [6.45, 7) is 0. The highest BCUT2D eigenvalue weighted by molar-refractivity contribution is 5.93. The number of urea groups is 1. The number of nitrogens with one attached hydrogen (secondary N) is 3. The number of fused-ring (bicyclic) bond motifs is 4. The van der Waals surface area contributed by atoms with E-state index in [0.29, 0.717) is 35.9 Å². The lowest BCUT2D eigenvalue weighted by molar-refractivity contribution is -0.116. The Bertz CT molecular complexity index is 1350. The molecule has 1 aliphatic carbocycles. The average molecular weight is 464 g/mol. The van der Waals surface area contributed by atoms with E-state index in [0.717, 1.165) is 17.2 Å². The van der Waals surface area contributed by atoms with Crippen LogP contribution >= 0.6 is 0 Å². The van der Waals surface area contributed by atoms with Gasteiger partial charge in [0.2, 0.25) is 5.91 Å². The molecule has 6 rings (SSSR count). The van der Waals surface area contributed by atoms with Crippen LogP contribution < -0.4 is 25.4 Å². The van der Waals surface area contributed by atoms with Gasteiger partial charge in [-0.05, 0) is 42.8 Å². The zero-order chi connectivity index (χ0) is 23.4. The Balaban J connectivity index is 1.15. The molecule has 3 N–H and O–H groups in total. The van der Waals surface area contributed by atoms with Crippen molar-refractivity contribution < 1.29 is 27.8 Å². The predicted molar refractivity (Wildman–Crippen MR) is 117 cm³/mol. The largest absolute Gasteiger partial charge is 0.487 e. The van der Waals surface area contributed by atoms with Crippen molar-refractivity contribution >= 4 is 23.4 Å². The van der Waals surface area contributed by atoms with Gasteiger partial charge in [0.1, 0.15) is 29.2 Å². The van der Waals surface area contributed by atoms with Crippen LogP contribution in [0.15, 0.2) is 48.7 Å². The highest BCUT2D eigenvalue weighted by atomic mass is 19.2. The Hall–Kier alpha value is -4.21. The van der Waals surface area contributed by atoms with Gasteiger partial charge in [0.05, 0.1) is 17.6 Å². The van der Waals surface area contributed by atoms with Crippen molar-refractivity contribution in [3.8, 4) is 17.2 Å². The molecular formula is C24H18F2N4O4. The molecule has 3 heterocycles. The minimum absolute atomic E-state index is 0.0747. The molecule has 3 aliphatic rings. The first-order valence-electron chi connectivity index (χ1n) is 10.8. The van der Waals surface area contributed by atoms with Gasteiger partial charge < -0.3 is 25.4 Å². The third-order valence-corrected chi connectivity index (χ3v) is 6.16. The fraction of sp³-hybridized carbons (Fsp3) is 0.208. The summed E-state index contributed by atoms with van der Waals surface area (Å²) in [7, 11) is 0. The molecule has 172 valence electrons. The van der Waals surface area contributed by atoms with Crippen molar-refractivity contribution in [2.75, 3.05) is 10.6 Å². The SMILES string of the molecule is O=C1CCc2c(Oc3ccc4c(c3)[C@H]3[C@H](NC(=O)Nc5cccc(F)c5F)[C@H]3O4)ccnc2N1. The molecule has 2 aliphatic heterocycles. The molecule has 1 aromatic heterocycles. The molecule has 0 unspecified atom stereocenters. The van der Waals surface area contributed by atoms with Gasteiger partial charge in [-0.1, -0.05) is 6.07 Å². The average Bonchev–Trinajstić information content (AvgIpc) is 3.33. The van der Waals surface area contributed by atoms with E-state index in [1.165, 1.54) is 12.1 Å². The number of rotatable bonds is 4. The van der Waals surface area contributed by atoms with Gasteiger partial charge in [0.15, 0.2) is 11.6 Å². The number of benzene rings is 2. The van der Waals surface area contributed by atoms with Crippen molar-refractivity contribution in [1.82, 2.24) is 10.3 Å². The lowest BCUT2D eigenvalue weighted by atomic mass is 10.1. The number of ether oxygens (including phenoxy) is 2. The van der Waals surface area contributed by atoms with Crippen LogP contribution in [0.1, 0.15) is 23.5 Å². The van der Waals surface area contributed by atoms with Crippen LogP contribution in [-0.4, -0.2) is 29.1 Å². The highest BCUT2D eigenvalue weighted by Crippen LogP contribution is 2.54. The zero-order valence-electron chi connectivity index (χ0n) is 17.6. The molecule has 0 spiro atoms. The molecule has 3 atom stereocenters. The van der Waals surface area contributed by atoms with E-state index in [1.54, 1.807) is 18.3 Å². The first kappa shape index (κ1) is 20.4. The predicted octanol–water partition coefficient (Wildman–Crippen LogP) is 4.09. The van der Waals surface area contributed by atoms with E-state index in [1.807, 2.05) is 12.1 Å². The van der Waals surface area contributed by atoms with Crippen LogP contribution in [0.4, 0.5) is 25.1 Å². The number of carbonyl (C=O) groups is 2. The molecule has 0 radical (unpaired) electrons. The van der Waals surface area contributed by atoms with Crippen molar-refractivity contribution in [1.29, 1.82) is 0 Å². The number of pyridine rings is 1. The van der Waals surface area contributed by atoms with E-state index in [4.69, 9.17) is 9.47 Å². The van der Waals surface area contributed by atoms with Crippen LogP contribution in [0.25, 0.3) is 0 Å². The number of nitrogens with zero attached hydrogens (tertiary/aromatic N) is 1. The second kappa shape index (κ2) is 7.68. The zero-order valence-corrected chi connectivity index (χ0v) is 17.6. The van der Waals surface area contributed by atoms with E-state index < -0.39 is 17.7 Å². The summed E-state index contributed by atoms with van der Waals surface area (Å²) in [4.78, 5) is 28.1. The van der Waals surface area contributed by atoms with Crippen LogP contribution in [0.2, 0.25) is 0 Å². The number of carbonyl (C=O) groups excluding carboxylic acids is 2. The van der Waals surface area contributed by atoms with Gasteiger partial charge in [-0.3, -0.25) is 4.79 Å². The van der Waals surface area contributed by atoms with E-state index in [-0.39, 0.29) is 29.7 Å². The monoisotopic (exact) mass is 464 g/mol. The Kier molecular flexibility index (Phi) is 4.61. The maximum Gasteiger partial charge on any atom is 0.319 e. The summed E-state index contributed by atoms with van der Waals surface area (Å²) in [5, 5.41) is 7.83. The third-order valence-electron chi connectivity index (χ3n) is 6.16. The summed E-state index contributed by atoms with van der Waals surface area (Å²) in [6, 6.07) is 9.84. The van der Waals surface area contributed by atoms with Crippen molar-refractivity contribution in [2.24, 2.45) is 0 Å². The second-order valence-corrected chi connectivity index (χ2v) is 8.32. The van der Waals surface area contributed by atoms with Gasteiger partial charge in [0.25, 0.3) is 0 Å².